The molecule has 0 saturated heterocycles. The molecule has 1 aromatic heterocycles. The Morgan fingerprint density at radius 1 is 0.970 bits per heavy atom. The van der Waals surface area contributed by atoms with Crippen LogP contribution in [0.25, 0.3) is 17.0 Å². The fraction of sp³-hybridized carbons (Fsp3) is 0.111. The molecule has 3 aromatic carbocycles. The number of carbonyl (C=O) groups is 2. The van der Waals surface area contributed by atoms with Gasteiger partial charge in [0.05, 0.1) is 6.61 Å². The van der Waals surface area contributed by atoms with E-state index >= 15 is 0 Å². The summed E-state index contributed by atoms with van der Waals surface area (Å²) in [6.07, 6.45) is 3.02. The van der Waals surface area contributed by atoms with E-state index in [9.17, 15) is 14.0 Å². The average molecular weight is 444 g/mol. The quantitative estimate of drug-likeness (QED) is 0.143. The minimum Gasteiger partial charge on any atom is -0.494 e. The lowest BCUT2D eigenvalue weighted by atomic mass is 10.1. The van der Waals surface area contributed by atoms with Crippen LogP contribution in [0.4, 0.5) is 4.39 Å². The monoisotopic (exact) mass is 444 g/mol. The molecule has 4 aromatic rings. The maximum atomic E-state index is 13.0. The van der Waals surface area contributed by atoms with Crippen molar-refractivity contribution in [3.05, 3.63) is 101 Å². The van der Waals surface area contributed by atoms with Gasteiger partial charge in [0.15, 0.2) is 5.78 Å². The number of carbonyl (C=O) groups excluding carboxylic acids is 2. The van der Waals surface area contributed by atoms with Crippen LogP contribution in [0.5, 0.6) is 11.5 Å². The second kappa shape index (κ2) is 9.53. The van der Waals surface area contributed by atoms with E-state index < -0.39 is 5.97 Å². The van der Waals surface area contributed by atoms with Crippen LogP contribution in [-0.4, -0.2) is 18.4 Å². The van der Waals surface area contributed by atoms with Gasteiger partial charge in [0.1, 0.15) is 34.2 Å². The summed E-state index contributed by atoms with van der Waals surface area (Å²) in [6, 6.07) is 17.4. The number of furan rings is 1. The molecule has 0 aliphatic heterocycles. The molecular formula is C27H21FO5. The number of halogens is 1. The number of allylic oxidation sites excluding steroid dienone is 1. The molecule has 4 rings (SSSR count). The molecule has 33 heavy (non-hydrogen) atoms. The Morgan fingerprint density at radius 3 is 2.36 bits per heavy atom. The second-order valence-corrected chi connectivity index (χ2v) is 7.29. The van der Waals surface area contributed by atoms with Gasteiger partial charge in [-0.15, -0.1) is 0 Å². The van der Waals surface area contributed by atoms with Crippen LogP contribution in [-0.2, 0) is 0 Å². The number of benzene rings is 3. The minimum absolute atomic E-state index is 0.225. The third-order valence-electron chi connectivity index (χ3n) is 5.00. The smallest absolute Gasteiger partial charge is 0.347 e. The van der Waals surface area contributed by atoms with Crippen molar-refractivity contribution in [1.82, 2.24) is 0 Å². The highest BCUT2D eigenvalue weighted by Gasteiger charge is 2.21. The normalized spacial score (nSPS) is 11.1. The summed E-state index contributed by atoms with van der Waals surface area (Å²) < 4.78 is 29.7. The Hall–Kier alpha value is -4.19. The molecule has 6 heteroatoms. The van der Waals surface area contributed by atoms with Crippen LogP contribution >= 0.6 is 0 Å². The number of rotatable bonds is 7. The zero-order valence-electron chi connectivity index (χ0n) is 18.1. The van der Waals surface area contributed by atoms with Gasteiger partial charge in [0.2, 0.25) is 0 Å². The molecule has 0 aliphatic carbocycles. The first-order chi connectivity index (χ1) is 15.9. The van der Waals surface area contributed by atoms with Crippen molar-refractivity contribution in [2.24, 2.45) is 0 Å². The van der Waals surface area contributed by atoms with E-state index in [1.54, 1.807) is 67.6 Å². The van der Waals surface area contributed by atoms with Gasteiger partial charge in [-0.2, -0.15) is 0 Å². The maximum absolute atomic E-state index is 13.0. The first-order valence-corrected chi connectivity index (χ1v) is 10.4. The lowest BCUT2D eigenvalue weighted by Crippen LogP contribution is -2.09. The number of ether oxygens (including phenoxy) is 2. The summed E-state index contributed by atoms with van der Waals surface area (Å²) in [6.45, 7) is 4.09. The molecule has 5 nitrogen and oxygen atoms in total. The van der Waals surface area contributed by atoms with E-state index in [-0.39, 0.29) is 11.6 Å². The fourth-order valence-electron chi connectivity index (χ4n) is 3.40. The van der Waals surface area contributed by atoms with Crippen LogP contribution in [0, 0.1) is 12.7 Å². The topological polar surface area (TPSA) is 65.7 Å². The molecule has 0 radical (unpaired) electrons. The molecule has 0 aliphatic rings. The van der Waals surface area contributed by atoms with Gasteiger partial charge in [-0.3, -0.25) is 4.79 Å². The van der Waals surface area contributed by atoms with E-state index in [1.165, 1.54) is 18.2 Å². The van der Waals surface area contributed by atoms with Crippen molar-refractivity contribution in [2.75, 3.05) is 6.61 Å². The number of ketones is 1. The van der Waals surface area contributed by atoms with Gasteiger partial charge in [-0.1, -0.05) is 18.2 Å². The molecule has 0 N–H and O–H groups in total. The highest BCUT2D eigenvalue weighted by atomic mass is 19.1. The third kappa shape index (κ3) is 5.01. The lowest BCUT2D eigenvalue weighted by molar-refractivity contribution is 0.0734. The summed E-state index contributed by atoms with van der Waals surface area (Å²) >= 11 is 0. The number of aryl methyl sites for hydroxylation is 1. The van der Waals surface area contributed by atoms with E-state index in [0.717, 1.165) is 0 Å². The van der Waals surface area contributed by atoms with Gasteiger partial charge in [-0.25, -0.2) is 9.18 Å². The highest BCUT2D eigenvalue weighted by Crippen LogP contribution is 2.30. The predicted molar refractivity (Wildman–Crippen MR) is 123 cm³/mol. The summed E-state index contributed by atoms with van der Waals surface area (Å²) in [4.78, 5) is 25.2. The van der Waals surface area contributed by atoms with Gasteiger partial charge < -0.3 is 13.9 Å². The summed E-state index contributed by atoms with van der Waals surface area (Å²) in [5.41, 5.74) is 2.04. The molecule has 0 spiro atoms. The van der Waals surface area contributed by atoms with Gasteiger partial charge >= 0.3 is 5.97 Å². The van der Waals surface area contributed by atoms with Gasteiger partial charge in [0.25, 0.3) is 0 Å². The zero-order chi connectivity index (χ0) is 23.4. The predicted octanol–water partition coefficient (Wildman–Crippen LogP) is 6.39. The van der Waals surface area contributed by atoms with Crippen molar-refractivity contribution >= 4 is 28.8 Å². The first kappa shape index (κ1) is 22.0. The fourth-order valence-corrected chi connectivity index (χ4v) is 3.40. The summed E-state index contributed by atoms with van der Waals surface area (Å²) in [7, 11) is 0. The largest absolute Gasteiger partial charge is 0.494 e. The van der Waals surface area contributed by atoms with Crippen molar-refractivity contribution in [3.8, 4) is 11.5 Å². The van der Waals surface area contributed by atoms with Crippen LogP contribution in [0.2, 0.25) is 0 Å². The second-order valence-electron chi connectivity index (χ2n) is 7.29. The van der Waals surface area contributed by atoms with E-state index in [2.05, 4.69) is 0 Å². The van der Waals surface area contributed by atoms with Crippen molar-refractivity contribution < 1.29 is 27.9 Å². The summed E-state index contributed by atoms with van der Waals surface area (Å²) in [5.74, 6) is 0.260. The molecule has 0 bridgehead atoms. The van der Waals surface area contributed by atoms with E-state index in [1.807, 2.05) is 6.92 Å². The van der Waals surface area contributed by atoms with Crippen molar-refractivity contribution in [1.29, 1.82) is 0 Å². The minimum atomic E-state index is -0.560. The van der Waals surface area contributed by atoms with Crippen LogP contribution in [0.15, 0.2) is 77.2 Å². The van der Waals surface area contributed by atoms with Gasteiger partial charge in [0, 0.05) is 10.9 Å². The molecule has 166 valence electrons. The Balaban J connectivity index is 1.48. The van der Waals surface area contributed by atoms with Crippen molar-refractivity contribution in [2.45, 2.75) is 13.8 Å². The van der Waals surface area contributed by atoms with E-state index in [0.29, 0.717) is 51.5 Å². The standard InChI is InChI=1S/C27H21FO5/c1-3-31-22-13-15-25-23(16-22)26(17(2)32-25)27(30)33-21-11-7-19(8-12-21)24(29)14-6-18-4-9-20(28)10-5-18/h4-16H,3H2,1-2H3. The average Bonchev–Trinajstić information content (AvgIpc) is 3.14. The molecule has 0 atom stereocenters. The van der Waals surface area contributed by atoms with E-state index in [4.69, 9.17) is 13.9 Å². The van der Waals surface area contributed by atoms with Crippen LogP contribution in [0.1, 0.15) is 39.0 Å². The Kier molecular flexibility index (Phi) is 6.36. The Morgan fingerprint density at radius 2 is 1.67 bits per heavy atom. The Bertz CT molecular complexity index is 1330. The third-order valence-corrected chi connectivity index (χ3v) is 5.00. The molecule has 0 amide bonds. The van der Waals surface area contributed by atoms with Crippen molar-refractivity contribution in [3.63, 3.8) is 0 Å². The number of esters is 1. The molecule has 0 fully saturated rings. The molecule has 1 heterocycles. The number of fused-ring (bicyclic) bond motifs is 1. The lowest BCUT2D eigenvalue weighted by Gasteiger charge is -2.06. The maximum Gasteiger partial charge on any atom is 0.347 e. The molecule has 0 saturated carbocycles. The number of hydrogen-bond donors (Lipinski definition) is 0. The first-order valence-electron chi connectivity index (χ1n) is 10.4. The molecule has 0 unspecified atom stereocenters. The highest BCUT2D eigenvalue weighted by molar-refractivity contribution is 6.07. The zero-order valence-corrected chi connectivity index (χ0v) is 18.1. The van der Waals surface area contributed by atoms with Crippen LogP contribution in [0.3, 0.4) is 0 Å². The Labute approximate surface area is 190 Å². The SMILES string of the molecule is CCOc1ccc2oc(C)c(C(=O)Oc3ccc(C(=O)C=Cc4ccc(F)cc4)cc3)c2c1. The van der Waals surface area contributed by atoms with Gasteiger partial charge in [-0.05, 0) is 80.1 Å². The van der Waals surface area contributed by atoms with Crippen LogP contribution < -0.4 is 9.47 Å². The molecular weight excluding hydrogens is 423 g/mol. The summed E-state index contributed by atoms with van der Waals surface area (Å²) in [5, 5.41) is 0.612. The number of hydrogen-bond acceptors (Lipinski definition) is 5.